The SMILES string of the molecule is O=c1cc(C2CCNCC2)nc(CO)[nH]1. The van der Waals surface area contributed by atoms with Gasteiger partial charge < -0.3 is 15.4 Å². The molecule has 0 bridgehead atoms. The van der Waals surface area contributed by atoms with Crippen molar-refractivity contribution < 1.29 is 5.11 Å². The smallest absolute Gasteiger partial charge is 0.251 e. The molecule has 0 aromatic carbocycles. The third kappa shape index (κ3) is 2.43. The predicted molar refractivity (Wildman–Crippen MR) is 55.6 cm³/mol. The third-order valence-corrected chi connectivity index (χ3v) is 2.72. The van der Waals surface area contributed by atoms with Gasteiger partial charge in [0.05, 0.1) is 5.69 Å². The van der Waals surface area contributed by atoms with E-state index < -0.39 is 0 Å². The van der Waals surface area contributed by atoms with Gasteiger partial charge in [-0.25, -0.2) is 4.98 Å². The summed E-state index contributed by atoms with van der Waals surface area (Å²) < 4.78 is 0. The van der Waals surface area contributed by atoms with Gasteiger partial charge in [-0.3, -0.25) is 4.79 Å². The maximum atomic E-state index is 11.3. The Morgan fingerprint density at radius 3 is 2.87 bits per heavy atom. The largest absolute Gasteiger partial charge is 0.388 e. The number of nitrogens with one attached hydrogen (secondary N) is 2. The molecule has 0 amide bonds. The first kappa shape index (κ1) is 10.3. The third-order valence-electron chi connectivity index (χ3n) is 2.72. The van der Waals surface area contributed by atoms with Gasteiger partial charge in [0.2, 0.25) is 0 Å². The van der Waals surface area contributed by atoms with Crippen LogP contribution in [-0.2, 0) is 6.61 Å². The van der Waals surface area contributed by atoms with Gasteiger partial charge in [0.15, 0.2) is 0 Å². The lowest BCUT2D eigenvalue weighted by atomic mass is 9.94. The zero-order valence-electron chi connectivity index (χ0n) is 8.49. The van der Waals surface area contributed by atoms with Gasteiger partial charge >= 0.3 is 0 Å². The second-order valence-electron chi connectivity index (χ2n) is 3.80. The van der Waals surface area contributed by atoms with Crippen molar-refractivity contribution >= 4 is 0 Å². The Morgan fingerprint density at radius 2 is 2.20 bits per heavy atom. The number of aromatic amines is 1. The monoisotopic (exact) mass is 209 g/mol. The molecule has 0 radical (unpaired) electrons. The highest BCUT2D eigenvalue weighted by atomic mass is 16.3. The number of hydrogen-bond donors (Lipinski definition) is 3. The molecule has 0 atom stereocenters. The molecule has 1 aliphatic heterocycles. The molecule has 0 saturated carbocycles. The van der Waals surface area contributed by atoms with Crippen LogP contribution in [0.1, 0.15) is 30.3 Å². The minimum absolute atomic E-state index is 0.178. The number of hydrogen-bond acceptors (Lipinski definition) is 4. The average Bonchev–Trinajstić information content (AvgIpc) is 2.29. The fourth-order valence-corrected chi connectivity index (χ4v) is 1.93. The summed E-state index contributed by atoms with van der Waals surface area (Å²) >= 11 is 0. The van der Waals surface area contributed by atoms with Crippen molar-refractivity contribution in [1.82, 2.24) is 15.3 Å². The summed E-state index contributed by atoms with van der Waals surface area (Å²) in [6, 6.07) is 1.54. The Kier molecular flexibility index (Phi) is 3.13. The second kappa shape index (κ2) is 4.55. The first-order valence-electron chi connectivity index (χ1n) is 5.21. The van der Waals surface area contributed by atoms with E-state index in [1.165, 1.54) is 6.07 Å². The first-order chi connectivity index (χ1) is 7.29. The minimum Gasteiger partial charge on any atom is -0.388 e. The average molecular weight is 209 g/mol. The highest BCUT2D eigenvalue weighted by Crippen LogP contribution is 2.22. The first-order valence-corrected chi connectivity index (χ1v) is 5.21. The van der Waals surface area contributed by atoms with Crippen molar-refractivity contribution in [3.63, 3.8) is 0 Å². The lowest BCUT2D eigenvalue weighted by Gasteiger charge is -2.21. The van der Waals surface area contributed by atoms with Gasteiger partial charge in [-0.1, -0.05) is 0 Å². The van der Waals surface area contributed by atoms with Crippen LogP contribution >= 0.6 is 0 Å². The van der Waals surface area contributed by atoms with Gasteiger partial charge in [0.1, 0.15) is 12.4 Å². The van der Waals surface area contributed by atoms with Crippen molar-refractivity contribution in [2.45, 2.75) is 25.4 Å². The van der Waals surface area contributed by atoms with Crippen LogP contribution in [0, 0.1) is 0 Å². The van der Waals surface area contributed by atoms with Crippen LogP contribution in [0.15, 0.2) is 10.9 Å². The van der Waals surface area contributed by atoms with Gasteiger partial charge in [-0.15, -0.1) is 0 Å². The zero-order valence-corrected chi connectivity index (χ0v) is 8.49. The van der Waals surface area contributed by atoms with Crippen LogP contribution < -0.4 is 10.9 Å². The quantitative estimate of drug-likeness (QED) is 0.626. The summed E-state index contributed by atoms with van der Waals surface area (Å²) in [5.74, 6) is 0.704. The molecular formula is C10H15N3O2. The Morgan fingerprint density at radius 1 is 1.47 bits per heavy atom. The summed E-state index contributed by atoms with van der Waals surface area (Å²) in [5.41, 5.74) is 0.631. The van der Waals surface area contributed by atoms with E-state index in [0.717, 1.165) is 31.6 Å². The van der Waals surface area contributed by atoms with Crippen molar-refractivity contribution in [3.8, 4) is 0 Å². The highest BCUT2D eigenvalue weighted by molar-refractivity contribution is 5.09. The van der Waals surface area contributed by atoms with Crippen molar-refractivity contribution in [2.75, 3.05) is 13.1 Å². The summed E-state index contributed by atoms with van der Waals surface area (Å²) in [6.45, 7) is 1.72. The summed E-state index contributed by atoms with van der Waals surface area (Å²) in [7, 11) is 0. The molecule has 1 fully saturated rings. The number of piperidine rings is 1. The van der Waals surface area contributed by atoms with E-state index in [-0.39, 0.29) is 12.2 Å². The Hall–Kier alpha value is -1.20. The maximum Gasteiger partial charge on any atom is 0.251 e. The van der Waals surface area contributed by atoms with Crippen molar-refractivity contribution in [2.24, 2.45) is 0 Å². The number of H-pyrrole nitrogens is 1. The molecule has 1 aliphatic rings. The van der Waals surface area contributed by atoms with E-state index in [0.29, 0.717) is 11.7 Å². The molecule has 2 rings (SSSR count). The fourth-order valence-electron chi connectivity index (χ4n) is 1.93. The van der Waals surface area contributed by atoms with Gasteiger partial charge in [-0.2, -0.15) is 0 Å². The number of aromatic nitrogens is 2. The van der Waals surface area contributed by atoms with Gasteiger partial charge in [-0.05, 0) is 25.9 Å². The van der Waals surface area contributed by atoms with Crippen LogP contribution in [0.2, 0.25) is 0 Å². The minimum atomic E-state index is -0.214. The maximum absolute atomic E-state index is 11.3. The van der Waals surface area contributed by atoms with E-state index in [1.807, 2.05) is 0 Å². The molecule has 1 aromatic heterocycles. The molecule has 0 aliphatic carbocycles. The normalized spacial score (nSPS) is 17.9. The topological polar surface area (TPSA) is 78.0 Å². The molecule has 5 heteroatoms. The Balaban J connectivity index is 2.26. The van der Waals surface area contributed by atoms with Gasteiger partial charge in [0, 0.05) is 12.0 Å². The number of nitrogens with zero attached hydrogens (tertiary/aromatic N) is 1. The highest BCUT2D eigenvalue weighted by Gasteiger charge is 2.17. The molecule has 5 nitrogen and oxygen atoms in total. The van der Waals surface area contributed by atoms with Gasteiger partial charge in [0.25, 0.3) is 5.56 Å². The Bertz CT molecular complexity index is 382. The van der Waals surface area contributed by atoms with E-state index in [9.17, 15) is 4.79 Å². The van der Waals surface area contributed by atoms with Crippen LogP contribution in [0.5, 0.6) is 0 Å². The van der Waals surface area contributed by atoms with E-state index >= 15 is 0 Å². The van der Waals surface area contributed by atoms with Crippen molar-refractivity contribution in [3.05, 3.63) is 27.9 Å². The second-order valence-corrected chi connectivity index (χ2v) is 3.80. The number of rotatable bonds is 2. The molecular weight excluding hydrogens is 194 g/mol. The van der Waals surface area contributed by atoms with Crippen LogP contribution in [0.3, 0.4) is 0 Å². The molecule has 15 heavy (non-hydrogen) atoms. The summed E-state index contributed by atoms with van der Waals surface area (Å²) in [5, 5.41) is 12.2. The van der Waals surface area contributed by atoms with E-state index in [2.05, 4.69) is 15.3 Å². The van der Waals surface area contributed by atoms with Crippen LogP contribution in [0.25, 0.3) is 0 Å². The summed E-state index contributed by atoms with van der Waals surface area (Å²) in [4.78, 5) is 18.0. The molecule has 1 saturated heterocycles. The fraction of sp³-hybridized carbons (Fsp3) is 0.600. The Labute approximate surface area is 87.6 Å². The van der Waals surface area contributed by atoms with Crippen LogP contribution in [0.4, 0.5) is 0 Å². The molecule has 0 spiro atoms. The molecule has 2 heterocycles. The number of aliphatic hydroxyl groups is 1. The standard InChI is InChI=1S/C10H15N3O2/c14-6-9-12-8(5-10(15)13-9)7-1-3-11-4-2-7/h5,7,11,14H,1-4,6H2,(H,12,13,15). The predicted octanol–water partition coefficient (Wildman–Crippen LogP) is -0.271. The van der Waals surface area contributed by atoms with Crippen molar-refractivity contribution in [1.29, 1.82) is 0 Å². The molecule has 1 aromatic rings. The summed E-state index contributed by atoms with van der Waals surface area (Å²) in [6.07, 6.45) is 2.00. The lowest BCUT2D eigenvalue weighted by molar-refractivity contribution is 0.270. The number of aliphatic hydroxyl groups excluding tert-OH is 1. The van der Waals surface area contributed by atoms with E-state index in [4.69, 9.17) is 5.11 Å². The molecule has 82 valence electrons. The van der Waals surface area contributed by atoms with E-state index in [1.54, 1.807) is 0 Å². The molecule has 0 unspecified atom stereocenters. The zero-order chi connectivity index (χ0) is 10.7. The lowest BCUT2D eigenvalue weighted by Crippen LogP contribution is -2.28. The van der Waals surface area contributed by atoms with Crippen LogP contribution in [-0.4, -0.2) is 28.2 Å². The molecule has 3 N–H and O–H groups in total.